The highest BCUT2D eigenvalue weighted by Gasteiger charge is 2.32. The van der Waals surface area contributed by atoms with Crippen LogP contribution in [-0.4, -0.2) is 25.8 Å². The van der Waals surface area contributed by atoms with Gasteiger partial charge >= 0.3 is 0 Å². The van der Waals surface area contributed by atoms with Crippen molar-refractivity contribution in [2.24, 2.45) is 11.7 Å². The minimum Gasteiger partial charge on any atom is -0.382 e. The molecular formula is C13H21ClN2O. The highest BCUT2D eigenvalue weighted by atomic mass is 35.5. The van der Waals surface area contributed by atoms with E-state index < -0.39 is 0 Å². The largest absolute Gasteiger partial charge is 0.382 e. The van der Waals surface area contributed by atoms with E-state index in [4.69, 9.17) is 22.1 Å². The number of hydrogen-bond acceptors (Lipinski definition) is 3. The van der Waals surface area contributed by atoms with Crippen LogP contribution in [0.3, 0.4) is 0 Å². The molecule has 0 aliphatic carbocycles. The zero-order chi connectivity index (χ0) is 12.9. The zero-order valence-electron chi connectivity index (χ0n) is 10.7. The molecule has 4 heteroatoms. The van der Waals surface area contributed by atoms with E-state index in [1.165, 1.54) is 0 Å². The van der Waals surface area contributed by atoms with E-state index in [0.717, 1.165) is 10.7 Å². The SMILES string of the molecule is COCC(CN)(Nc1ccc(Cl)cc1)C(C)C. The molecule has 0 bridgehead atoms. The van der Waals surface area contributed by atoms with Crippen molar-refractivity contribution in [3.63, 3.8) is 0 Å². The van der Waals surface area contributed by atoms with Gasteiger partial charge in [-0.1, -0.05) is 25.4 Å². The van der Waals surface area contributed by atoms with Gasteiger partial charge in [0.05, 0.1) is 12.1 Å². The van der Waals surface area contributed by atoms with Gasteiger partial charge in [0.25, 0.3) is 0 Å². The van der Waals surface area contributed by atoms with Gasteiger partial charge in [0.2, 0.25) is 0 Å². The van der Waals surface area contributed by atoms with Gasteiger partial charge in [0.15, 0.2) is 0 Å². The number of benzene rings is 1. The van der Waals surface area contributed by atoms with E-state index in [-0.39, 0.29) is 5.54 Å². The molecule has 1 unspecified atom stereocenters. The molecule has 1 aromatic rings. The van der Waals surface area contributed by atoms with Crippen LogP contribution < -0.4 is 11.1 Å². The van der Waals surface area contributed by atoms with Crippen LogP contribution in [0.2, 0.25) is 5.02 Å². The van der Waals surface area contributed by atoms with E-state index >= 15 is 0 Å². The Morgan fingerprint density at radius 2 is 1.94 bits per heavy atom. The van der Waals surface area contributed by atoms with E-state index in [0.29, 0.717) is 19.1 Å². The highest BCUT2D eigenvalue weighted by molar-refractivity contribution is 6.30. The molecule has 1 rings (SSSR count). The van der Waals surface area contributed by atoms with E-state index in [1.807, 2.05) is 24.3 Å². The number of nitrogens with one attached hydrogen (secondary N) is 1. The summed E-state index contributed by atoms with van der Waals surface area (Å²) in [5.74, 6) is 0.364. The number of hydrogen-bond donors (Lipinski definition) is 2. The first-order valence-corrected chi connectivity index (χ1v) is 6.14. The van der Waals surface area contributed by atoms with Crippen molar-refractivity contribution in [2.45, 2.75) is 19.4 Å². The summed E-state index contributed by atoms with van der Waals surface area (Å²) in [6.07, 6.45) is 0. The Kier molecular flexibility index (Phi) is 5.25. The molecular weight excluding hydrogens is 236 g/mol. The summed E-state index contributed by atoms with van der Waals surface area (Å²) in [6.45, 7) is 5.36. The second-order valence-corrected chi connectivity index (χ2v) is 5.02. The monoisotopic (exact) mass is 256 g/mol. The number of halogens is 1. The molecule has 0 aliphatic heterocycles. The third-order valence-electron chi connectivity index (χ3n) is 3.11. The fourth-order valence-corrected chi connectivity index (χ4v) is 1.90. The third-order valence-corrected chi connectivity index (χ3v) is 3.36. The van der Waals surface area contributed by atoms with Crippen molar-refractivity contribution < 1.29 is 4.74 Å². The van der Waals surface area contributed by atoms with Gasteiger partial charge in [-0.2, -0.15) is 0 Å². The Morgan fingerprint density at radius 1 is 1.35 bits per heavy atom. The molecule has 3 nitrogen and oxygen atoms in total. The first kappa shape index (κ1) is 14.3. The van der Waals surface area contributed by atoms with Crippen LogP contribution in [0.4, 0.5) is 5.69 Å². The van der Waals surface area contributed by atoms with Crippen LogP contribution >= 0.6 is 11.6 Å². The third kappa shape index (κ3) is 3.60. The number of ether oxygens (including phenoxy) is 1. The average molecular weight is 257 g/mol. The van der Waals surface area contributed by atoms with Crippen molar-refractivity contribution >= 4 is 17.3 Å². The fraction of sp³-hybridized carbons (Fsp3) is 0.538. The van der Waals surface area contributed by atoms with Crippen LogP contribution in [0.15, 0.2) is 24.3 Å². The first-order valence-electron chi connectivity index (χ1n) is 5.77. The van der Waals surface area contributed by atoms with Crippen LogP contribution in [-0.2, 0) is 4.74 Å². The topological polar surface area (TPSA) is 47.3 Å². The molecule has 0 aliphatic rings. The standard InChI is InChI=1S/C13H21ClN2O/c1-10(2)13(8-15,9-17-3)16-12-6-4-11(14)5-7-12/h4-7,10,16H,8-9,15H2,1-3H3. The first-order chi connectivity index (χ1) is 8.04. The smallest absolute Gasteiger partial charge is 0.0751 e. The maximum absolute atomic E-state index is 5.90. The molecule has 96 valence electrons. The molecule has 0 amide bonds. The summed E-state index contributed by atoms with van der Waals surface area (Å²) in [7, 11) is 1.69. The summed E-state index contributed by atoms with van der Waals surface area (Å²) in [5.41, 5.74) is 6.66. The van der Waals surface area contributed by atoms with Gasteiger partial charge in [0.1, 0.15) is 0 Å². The normalized spacial score (nSPS) is 14.7. The van der Waals surface area contributed by atoms with E-state index in [9.17, 15) is 0 Å². The Balaban J connectivity index is 2.88. The second kappa shape index (κ2) is 6.24. The van der Waals surface area contributed by atoms with Crippen LogP contribution in [0.25, 0.3) is 0 Å². The van der Waals surface area contributed by atoms with E-state index in [1.54, 1.807) is 7.11 Å². The minimum absolute atomic E-state index is 0.247. The molecule has 17 heavy (non-hydrogen) atoms. The van der Waals surface area contributed by atoms with Crippen molar-refractivity contribution in [3.05, 3.63) is 29.3 Å². The van der Waals surface area contributed by atoms with Gasteiger partial charge in [-0.25, -0.2) is 0 Å². The number of anilines is 1. The summed E-state index contributed by atoms with van der Waals surface area (Å²) in [6, 6.07) is 7.62. The molecule has 1 atom stereocenters. The van der Waals surface area contributed by atoms with Crippen molar-refractivity contribution in [1.29, 1.82) is 0 Å². The number of rotatable bonds is 6. The predicted octanol–water partition coefficient (Wildman–Crippen LogP) is 2.75. The lowest BCUT2D eigenvalue weighted by atomic mass is 9.86. The van der Waals surface area contributed by atoms with Crippen LogP contribution in [0.1, 0.15) is 13.8 Å². The number of nitrogens with two attached hydrogens (primary N) is 1. The van der Waals surface area contributed by atoms with Gasteiger partial charge in [-0.15, -0.1) is 0 Å². The highest BCUT2D eigenvalue weighted by Crippen LogP contribution is 2.24. The van der Waals surface area contributed by atoms with Crippen LogP contribution in [0.5, 0.6) is 0 Å². The van der Waals surface area contributed by atoms with Crippen molar-refractivity contribution in [3.8, 4) is 0 Å². The predicted molar refractivity (Wildman–Crippen MR) is 73.6 cm³/mol. The molecule has 0 saturated heterocycles. The molecule has 0 saturated carbocycles. The van der Waals surface area contributed by atoms with Gasteiger partial charge in [-0.05, 0) is 30.2 Å². The van der Waals surface area contributed by atoms with Crippen molar-refractivity contribution in [2.75, 3.05) is 25.6 Å². The zero-order valence-corrected chi connectivity index (χ0v) is 11.4. The van der Waals surface area contributed by atoms with Gasteiger partial charge in [-0.3, -0.25) is 0 Å². The van der Waals surface area contributed by atoms with Crippen LogP contribution in [0, 0.1) is 5.92 Å². The molecule has 1 aromatic carbocycles. The van der Waals surface area contributed by atoms with Gasteiger partial charge in [0, 0.05) is 24.4 Å². The lowest BCUT2D eigenvalue weighted by Crippen LogP contribution is -2.53. The molecule has 0 fully saturated rings. The lowest BCUT2D eigenvalue weighted by Gasteiger charge is -2.37. The summed E-state index contributed by atoms with van der Waals surface area (Å²) in [4.78, 5) is 0. The Labute approximate surface area is 108 Å². The minimum atomic E-state index is -0.247. The average Bonchev–Trinajstić information content (AvgIpc) is 2.31. The number of methoxy groups -OCH3 is 1. The maximum Gasteiger partial charge on any atom is 0.0751 e. The molecule has 0 heterocycles. The summed E-state index contributed by atoms with van der Waals surface area (Å²) in [5, 5.41) is 4.19. The lowest BCUT2D eigenvalue weighted by molar-refractivity contribution is 0.121. The molecule has 0 radical (unpaired) electrons. The Hall–Kier alpha value is -0.770. The van der Waals surface area contributed by atoms with Crippen molar-refractivity contribution in [1.82, 2.24) is 0 Å². The Morgan fingerprint density at radius 3 is 2.35 bits per heavy atom. The quantitative estimate of drug-likeness (QED) is 0.823. The Bertz CT molecular complexity index is 340. The molecule has 0 spiro atoms. The maximum atomic E-state index is 5.90. The molecule has 0 aromatic heterocycles. The summed E-state index contributed by atoms with van der Waals surface area (Å²) >= 11 is 5.86. The fourth-order valence-electron chi connectivity index (χ4n) is 1.77. The van der Waals surface area contributed by atoms with Gasteiger partial charge < -0.3 is 15.8 Å². The summed E-state index contributed by atoms with van der Waals surface area (Å²) < 4.78 is 5.29. The second-order valence-electron chi connectivity index (χ2n) is 4.58. The van der Waals surface area contributed by atoms with E-state index in [2.05, 4.69) is 19.2 Å². The molecule has 3 N–H and O–H groups in total.